The van der Waals surface area contributed by atoms with E-state index in [1.54, 1.807) is 23.4 Å². The average molecular weight is 468 g/mol. The van der Waals surface area contributed by atoms with Gasteiger partial charge in [0, 0.05) is 23.8 Å². The minimum absolute atomic E-state index is 0.239. The summed E-state index contributed by atoms with van der Waals surface area (Å²) in [5.74, 6) is 1.17. The first-order valence-electron chi connectivity index (χ1n) is 10.4. The first-order valence-corrected chi connectivity index (χ1v) is 11.4. The number of Topliss-reactive ketones (excluding diaryl/α,β-unsaturated/α-hetero) is 1. The lowest BCUT2D eigenvalue weighted by molar-refractivity contribution is 0.0941. The molecule has 8 heteroatoms. The van der Waals surface area contributed by atoms with Gasteiger partial charge in [0.05, 0.1) is 16.2 Å². The van der Waals surface area contributed by atoms with Crippen LogP contribution >= 0.6 is 11.8 Å². The van der Waals surface area contributed by atoms with Crippen molar-refractivity contribution in [2.75, 3.05) is 0 Å². The number of carbonyl (C=O) groups is 2. The molecule has 1 heterocycles. The lowest BCUT2D eigenvalue weighted by Gasteiger charge is -2.09. The van der Waals surface area contributed by atoms with E-state index in [1.807, 2.05) is 44.2 Å². The third-order valence-corrected chi connectivity index (χ3v) is 7.19. The van der Waals surface area contributed by atoms with E-state index >= 15 is 0 Å². The number of halogens is 2. The van der Waals surface area contributed by atoms with Crippen molar-refractivity contribution >= 4 is 23.5 Å². The average Bonchev–Trinajstić information content (AvgIpc) is 3.40. The van der Waals surface area contributed by atoms with Gasteiger partial charge in [-0.05, 0) is 34.7 Å². The summed E-state index contributed by atoms with van der Waals surface area (Å²) in [7, 11) is 0. The van der Waals surface area contributed by atoms with Crippen LogP contribution in [-0.4, -0.2) is 16.7 Å². The Bertz CT molecular complexity index is 1200. The Morgan fingerprint density at radius 3 is 2.45 bits per heavy atom. The Morgan fingerprint density at radius 1 is 1.09 bits per heavy atom. The van der Waals surface area contributed by atoms with E-state index in [1.165, 1.54) is 5.56 Å². The molecule has 0 spiro atoms. The normalized spacial score (nSPS) is 18.6. The number of hydrazine groups is 1. The Kier molecular flexibility index (Phi) is 6.32. The number of carbonyl (C=O) groups excluding carboxylic acids is 2. The predicted molar refractivity (Wildman–Crippen MR) is 123 cm³/mol. The molecule has 1 saturated carbocycles. The number of aromatic nitrogens is 1. The number of nitrogens with zero attached hydrogens (tertiary/aromatic N) is 1. The zero-order valence-corrected chi connectivity index (χ0v) is 19.0. The minimum atomic E-state index is -1.20. The highest BCUT2D eigenvalue weighted by molar-refractivity contribution is 7.98. The molecule has 1 fully saturated rings. The number of hydrogen-bond donors (Lipinski definition) is 2. The lowest BCUT2D eigenvalue weighted by Crippen LogP contribution is -2.31. The van der Waals surface area contributed by atoms with E-state index in [9.17, 15) is 18.4 Å². The van der Waals surface area contributed by atoms with Gasteiger partial charge < -0.3 is 0 Å². The fraction of sp³-hybridized carbons (Fsp3) is 0.240. The van der Waals surface area contributed by atoms with Crippen LogP contribution in [0.3, 0.4) is 0 Å². The number of nitrogen functional groups attached to an aromatic ring is 1. The van der Waals surface area contributed by atoms with Crippen molar-refractivity contribution in [2.45, 2.75) is 30.5 Å². The molecule has 1 aliphatic carbocycles. The van der Waals surface area contributed by atoms with Crippen LogP contribution in [0.25, 0.3) is 0 Å². The number of rotatable bonds is 7. The number of hydrogen-bond acceptors (Lipinski definition) is 5. The van der Waals surface area contributed by atoms with E-state index in [-0.39, 0.29) is 5.92 Å². The fourth-order valence-electron chi connectivity index (χ4n) is 4.33. The molecule has 1 amide bonds. The number of amides is 1. The molecule has 170 valence electrons. The van der Waals surface area contributed by atoms with Gasteiger partial charge >= 0.3 is 0 Å². The summed E-state index contributed by atoms with van der Waals surface area (Å²) in [4.78, 5) is 29.5. The molecule has 2 aromatic carbocycles. The van der Waals surface area contributed by atoms with Crippen LogP contribution in [0.5, 0.6) is 0 Å². The van der Waals surface area contributed by atoms with Crippen molar-refractivity contribution in [3.8, 4) is 0 Å². The second-order valence-corrected chi connectivity index (χ2v) is 9.60. The van der Waals surface area contributed by atoms with Gasteiger partial charge in [-0.15, -0.1) is 11.8 Å². The second kappa shape index (κ2) is 9.03. The van der Waals surface area contributed by atoms with E-state index in [2.05, 4.69) is 17.1 Å². The van der Waals surface area contributed by atoms with Crippen LogP contribution in [0.1, 0.15) is 51.6 Å². The smallest absolute Gasteiger partial charge is 0.268 e. The molecule has 0 saturated heterocycles. The van der Waals surface area contributed by atoms with Crippen LogP contribution in [0.4, 0.5) is 8.78 Å². The maximum Gasteiger partial charge on any atom is 0.268 e. The summed E-state index contributed by atoms with van der Waals surface area (Å²) in [6.45, 7) is 3.76. The van der Waals surface area contributed by atoms with Crippen LogP contribution in [-0.2, 0) is 5.75 Å². The first-order chi connectivity index (χ1) is 15.8. The summed E-state index contributed by atoms with van der Waals surface area (Å²) in [6, 6.07) is 15.7. The Labute approximate surface area is 194 Å². The number of nitrogens with two attached hydrogens (primary N) is 1. The summed E-state index contributed by atoms with van der Waals surface area (Å²) >= 11 is 1.60. The molecule has 2 atom stereocenters. The quantitative estimate of drug-likeness (QED) is 0.170. The summed E-state index contributed by atoms with van der Waals surface area (Å²) in [5.41, 5.74) is 2.14. The number of pyridine rings is 1. The van der Waals surface area contributed by atoms with E-state index < -0.39 is 45.8 Å². The standard InChI is InChI=1S/C25H23F2N3O2S/c1-25(2)20(15-8-11-18(29-12-15)33-13-14-6-4-3-5-7-14)21(25)23(31)19-17(26)10-9-16(22(19)27)24(32)30-28/h3-12,20-21H,13,28H2,1-2H3,(H,30,32). The molecule has 1 aromatic heterocycles. The zero-order valence-electron chi connectivity index (χ0n) is 18.1. The van der Waals surface area contributed by atoms with Gasteiger partial charge in [0.1, 0.15) is 11.6 Å². The van der Waals surface area contributed by atoms with E-state index in [0.717, 1.165) is 28.5 Å². The summed E-state index contributed by atoms with van der Waals surface area (Å²) in [6.07, 6.45) is 1.72. The van der Waals surface area contributed by atoms with Gasteiger partial charge in [-0.3, -0.25) is 15.0 Å². The lowest BCUT2D eigenvalue weighted by atomic mass is 9.98. The molecular formula is C25H23F2N3O2S. The van der Waals surface area contributed by atoms with Crippen molar-refractivity contribution in [3.63, 3.8) is 0 Å². The third-order valence-electron chi connectivity index (χ3n) is 6.17. The molecule has 5 nitrogen and oxygen atoms in total. The summed E-state index contributed by atoms with van der Waals surface area (Å²) < 4.78 is 29.3. The van der Waals surface area contributed by atoms with Crippen LogP contribution in [0, 0.1) is 23.0 Å². The first kappa shape index (κ1) is 23.1. The molecule has 0 aliphatic heterocycles. The topological polar surface area (TPSA) is 85.1 Å². The van der Waals surface area contributed by atoms with E-state index in [4.69, 9.17) is 5.84 Å². The van der Waals surface area contributed by atoms with Gasteiger partial charge in [-0.25, -0.2) is 19.6 Å². The van der Waals surface area contributed by atoms with Gasteiger partial charge in [-0.2, -0.15) is 0 Å². The monoisotopic (exact) mass is 467 g/mol. The Morgan fingerprint density at radius 2 is 1.82 bits per heavy atom. The predicted octanol–water partition coefficient (Wildman–Crippen LogP) is 4.88. The highest BCUT2D eigenvalue weighted by atomic mass is 32.2. The van der Waals surface area contributed by atoms with E-state index in [0.29, 0.717) is 0 Å². The molecule has 3 N–H and O–H groups in total. The molecular weight excluding hydrogens is 444 g/mol. The molecule has 33 heavy (non-hydrogen) atoms. The molecule has 4 rings (SSSR count). The highest BCUT2D eigenvalue weighted by Crippen LogP contribution is 2.65. The van der Waals surface area contributed by atoms with Gasteiger partial charge in [0.15, 0.2) is 5.78 Å². The van der Waals surface area contributed by atoms with Crippen molar-refractivity contribution in [1.29, 1.82) is 0 Å². The maximum atomic E-state index is 14.9. The molecule has 1 aliphatic rings. The number of nitrogens with one attached hydrogen (secondary N) is 1. The number of thioether (sulfide) groups is 1. The SMILES string of the molecule is CC1(C)C(C(=O)c2c(F)ccc(C(=O)NN)c2F)C1c1ccc(SCc2ccccc2)nc1. The van der Waals surface area contributed by atoms with Gasteiger partial charge in [-0.1, -0.05) is 50.2 Å². The van der Waals surface area contributed by atoms with Crippen LogP contribution in [0.2, 0.25) is 0 Å². The van der Waals surface area contributed by atoms with Crippen molar-refractivity contribution in [1.82, 2.24) is 10.4 Å². The molecule has 0 radical (unpaired) electrons. The maximum absolute atomic E-state index is 14.9. The molecule has 0 bridgehead atoms. The Hall–Kier alpha value is -3.10. The molecule has 3 aromatic rings. The largest absolute Gasteiger partial charge is 0.294 e. The molecule has 2 unspecified atom stereocenters. The van der Waals surface area contributed by atoms with Crippen LogP contribution < -0.4 is 11.3 Å². The van der Waals surface area contributed by atoms with Crippen molar-refractivity contribution < 1.29 is 18.4 Å². The van der Waals surface area contributed by atoms with Crippen molar-refractivity contribution in [2.24, 2.45) is 17.2 Å². The fourth-order valence-corrected chi connectivity index (χ4v) is 5.13. The zero-order chi connectivity index (χ0) is 23.8. The third kappa shape index (κ3) is 4.41. The number of ketones is 1. The van der Waals surface area contributed by atoms with Gasteiger partial charge in [0.25, 0.3) is 5.91 Å². The van der Waals surface area contributed by atoms with Crippen LogP contribution in [0.15, 0.2) is 65.8 Å². The summed E-state index contributed by atoms with van der Waals surface area (Å²) in [5, 5.41) is 0.849. The number of benzene rings is 2. The highest BCUT2D eigenvalue weighted by Gasteiger charge is 2.62. The second-order valence-electron chi connectivity index (χ2n) is 8.60. The van der Waals surface area contributed by atoms with Gasteiger partial charge in [0.2, 0.25) is 0 Å². The Balaban J connectivity index is 1.53. The van der Waals surface area contributed by atoms with Crippen molar-refractivity contribution in [3.05, 3.63) is 94.7 Å². The minimum Gasteiger partial charge on any atom is -0.294 e.